The van der Waals surface area contributed by atoms with E-state index >= 15 is 0 Å². The van der Waals surface area contributed by atoms with Crippen LogP contribution in [0.5, 0.6) is 0 Å². The summed E-state index contributed by atoms with van der Waals surface area (Å²) < 4.78 is 11.4. The molecule has 0 aliphatic heterocycles. The first-order valence-corrected chi connectivity index (χ1v) is 26.8. The van der Waals surface area contributed by atoms with Gasteiger partial charge in [0.2, 0.25) is 0 Å². The van der Waals surface area contributed by atoms with Gasteiger partial charge < -0.3 is 13.9 Å². The number of rotatable bonds is 7. The van der Waals surface area contributed by atoms with Crippen molar-refractivity contribution in [3.8, 4) is 39.1 Å². The van der Waals surface area contributed by atoms with E-state index in [4.69, 9.17) is 4.42 Å². The first-order valence-electron chi connectivity index (χ1n) is 26.0. The molecule has 0 aliphatic carbocycles. The molecule has 0 radical (unpaired) electrons. The molecule has 0 aliphatic rings. The fraction of sp³-hybridized carbons (Fsp3) is 0. The van der Waals surface area contributed by atoms with Crippen molar-refractivity contribution >= 4 is 125 Å². The van der Waals surface area contributed by atoms with Crippen molar-refractivity contribution in [3.05, 3.63) is 267 Å². The van der Waals surface area contributed by atoms with Crippen molar-refractivity contribution in [2.24, 2.45) is 0 Å². The maximum atomic E-state index is 6.26. The first kappa shape index (κ1) is 42.7. The topological polar surface area (TPSA) is 21.3 Å². The molecule has 0 N–H and O–H groups in total. The molecule has 3 aromatic heterocycles. The SMILES string of the molecule is c1ccc(N(c2ccc(-c3ccc4c(c3)c3cc(-c5ccc6sc7ccccc7c6c5)ccc3n4-c3ccc4c5ccccc5c5ccccc5c4c3)cc2)c2ccc(-c3cccc4oc5ccccc5c34)cc2)cc1. The molecule has 16 aromatic rings. The molecule has 76 heavy (non-hydrogen) atoms. The zero-order valence-electron chi connectivity index (χ0n) is 41.1. The molecule has 0 saturated heterocycles. The highest BCUT2D eigenvalue weighted by Crippen LogP contribution is 2.44. The second kappa shape index (κ2) is 16.9. The van der Waals surface area contributed by atoms with Crippen LogP contribution in [0.15, 0.2) is 271 Å². The number of benzene rings is 13. The molecule has 3 nitrogen and oxygen atoms in total. The van der Waals surface area contributed by atoms with E-state index in [0.29, 0.717) is 0 Å². The van der Waals surface area contributed by atoms with Crippen molar-refractivity contribution in [2.75, 3.05) is 4.90 Å². The standard InChI is InChI=1S/C72H44N2OS/c1-2-13-50(14-3-1)73(52-34-27-46(28-35-52)54-21-12-23-69-72(54)61-20-8-10-22-68(61)75-69)51-32-25-45(26-33-51)47-29-38-66-63(41-47)64-42-48(49-31-40-71-65(43-49)60-19-9-11-24-70(60)76-71)30-39-67(64)74(66)53-36-37-59-57-17-5-4-15-55(57)56-16-6-7-18-58(56)62(59)44-53/h1-44H. The van der Waals surface area contributed by atoms with Gasteiger partial charge in [-0.25, -0.2) is 0 Å². The number of anilines is 3. The molecule has 0 bridgehead atoms. The van der Waals surface area contributed by atoms with Crippen LogP contribution < -0.4 is 4.90 Å². The Balaban J connectivity index is 0.825. The molecule has 13 aromatic carbocycles. The molecular formula is C72H44N2OS. The van der Waals surface area contributed by atoms with Gasteiger partial charge in [0, 0.05) is 64.5 Å². The van der Waals surface area contributed by atoms with Gasteiger partial charge in [0.15, 0.2) is 0 Å². The lowest BCUT2D eigenvalue weighted by Gasteiger charge is -2.26. The van der Waals surface area contributed by atoms with E-state index in [2.05, 4.69) is 264 Å². The van der Waals surface area contributed by atoms with Crippen LogP contribution in [0, 0.1) is 0 Å². The third-order valence-corrected chi connectivity index (χ3v) is 16.9. The number of hydrogen-bond donors (Lipinski definition) is 0. The number of fused-ring (bicyclic) bond motifs is 15. The molecule has 0 saturated carbocycles. The van der Waals surface area contributed by atoms with Gasteiger partial charge >= 0.3 is 0 Å². The lowest BCUT2D eigenvalue weighted by Crippen LogP contribution is -2.09. The second-order valence-electron chi connectivity index (χ2n) is 20.0. The van der Waals surface area contributed by atoms with Crippen molar-refractivity contribution < 1.29 is 4.42 Å². The van der Waals surface area contributed by atoms with E-state index in [1.54, 1.807) is 0 Å². The molecule has 0 fully saturated rings. The number of nitrogens with zero attached hydrogens (tertiary/aromatic N) is 2. The summed E-state index contributed by atoms with van der Waals surface area (Å²) in [6.45, 7) is 0. The largest absolute Gasteiger partial charge is 0.456 e. The van der Waals surface area contributed by atoms with E-state index < -0.39 is 0 Å². The highest BCUT2D eigenvalue weighted by Gasteiger charge is 2.20. The zero-order valence-corrected chi connectivity index (χ0v) is 41.9. The monoisotopic (exact) mass is 984 g/mol. The molecule has 0 spiro atoms. The zero-order chi connectivity index (χ0) is 49.8. The van der Waals surface area contributed by atoms with Gasteiger partial charge in [-0.2, -0.15) is 0 Å². The predicted molar refractivity (Wildman–Crippen MR) is 324 cm³/mol. The Kier molecular flexibility index (Phi) is 9.51. The van der Waals surface area contributed by atoms with Crippen LogP contribution in [0.2, 0.25) is 0 Å². The van der Waals surface area contributed by atoms with Crippen molar-refractivity contribution in [1.29, 1.82) is 0 Å². The van der Waals surface area contributed by atoms with Gasteiger partial charge in [0.25, 0.3) is 0 Å². The van der Waals surface area contributed by atoms with Crippen LogP contribution in [0.4, 0.5) is 17.1 Å². The van der Waals surface area contributed by atoms with Crippen LogP contribution in [0.3, 0.4) is 0 Å². The third-order valence-electron chi connectivity index (χ3n) is 15.8. The Morgan fingerprint density at radius 2 is 0.776 bits per heavy atom. The van der Waals surface area contributed by atoms with Crippen LogP contribution in [0.25, 0.3) is 135 Å². The molecular weight excluding hydrogens is 941 g/mol. The van der Waals surface area contributed by atoms with Gasteiger partial charge in [-0.05, 0) is 169 Å². The minimum Gasteiger partial charge on any atom is -0.456 e. The van der Waals surface area contributed by atoms with E-state index in [1.807, 2.05) is 23.5 Å². The van der Waals surface area contributed by atoms with Gasteiger partial charge in [-0.1, -0.05) is 164 Å². The normalized spacial score (nSPS) is 11.9. The minimum absolute atomic E-state index is 0.900. The molecule has 4 heteroatoms. The van der Waals surface area contributed by atoms with Gasteiger partial charge in [-0.3, -0.25) is 0 Å². The molecule has 0 unspecified atom stereocenters. The summed E-state index contributed by atoms with van der Waals surface area (Å²) in [5, 5.41) is 15.0. The average molecular weight is 985 g/mol. The molecule has 0 amide bonds. The molecule has 354 valence electrons. The number of aromatic nitrogens is 1. The summed E-state index contributed by atoms with van der Waals surface area (Å²) in [6.07, 6.45) is 0. The Labute approximate surface area is 442 Å². The fourth-order valence-electron chi connectivity index (χ4n) is 12.2. The van der Waals surface area contributed by atoms with Gasteiger partial charge in [-0.15, -0.1) is 11.3 Å². The lowest BCUT2D eigenvalue weighted by molar-refractivity contribution is 0.669. The molecule has 16 rings (SSSR count). The first-order chi connectivity index (χ1) is 37.7. The summed E-state index contributed by atoms with van der Waals surface area (Å²) >= 11 is 1.86. The smallest absolute Gasteiger partial charge is 0.136 e. The van der Waals surface area contributed by atoms with Crippen LogP contribution in [0.1, 0.15) is 0 Å². The summed E-state index contributed by atoms with van der Waals surface area (Å²) in [6, 6.07) is 97.9. The molecule has 0 atom stereocenters. The van der Waals surface area contributed by atoms with Crippen molar-refractivity contribution in [1.82, 2.24) is 4.57 Å². The van der Waals surface area contributed by atoms with Gasteiger partial charge in [0.05, 0.1) is 11.0 Å². The van der Waals surface area contributed by atoms with E-state index in [-0.39, 0.29) is 0 Å². The van der Waals surface area contributed by atoms with E-state index in [0.717, 1.165) is 61.4 Å². The van der Waals surface area contributed by atoms with Gasteiger partial charge in [0.1, 0.15) is 11.2 Å². The maximum Gasteiger partial charge on any atom is 0.136 e. The number of furan rings is 1. The van der Waals surface area contributed by atoms with Crippen LogP contribution in [-0.2, 0) is 0 Å². The minimum atomic E-state index is 0.900. The summed E-state index contributed by atoms with van der Waals surface area (Å²) in [5.41, 5.74) is 15.6. The Hall–Kier alpha value is -9.74. The lowest BCUT2D eigenvalue weighted by atomic mass is 9.94. The number of thiophene rings is 1. The summed E-state index contributed by atoms with van der Waals surface area (Å²) in [4.78, 5) is 2.34. The summed E-state index contributed by atoms with van der Waals surface area (Å²) in [5.74, 6) is 0. The third kappa shape index (κ3) is 6.68. The highest BCUT2D eigenvalue weighted by atomic mass is 32.1. The Morgan fingerprint density at radius 3 is 1.46 bits per heavy atom. The fourth-order valence-corrected chi connectivity index (χ4v) is 13.3. The quantitative estimate of drug-likeness (QED) is 0.148. The average Bonchev–Trinajstić information content (AvgIpc) is 4.17. The number of para-hydroxylation sites is 2. The predicted octanol–water partition coefficient (Wildman–Crippen LogP) is 21.0. The Bertz CT molecular complexity index is 4950. The van der Waals surface area contributed by atoms with Crippen molar-refractivity contribution in [3.63, 3.8) is 0 Å². The second-order valence-corrected chi connectivity index (χ2v) is 21.1. The van der Waals surface area contributed by atoms with E-state index in [9.17, 15) is 0 Å². The Morgan fingerprint density at radius 1 is 0.289 bits per heavy atom. The van der Waals surface area contributed by atoms with Crippen LogP contribution >= 0.6 is 11.3 Å². The van der Waals surface area contributed by atoms with E-state index in [1.165, 1.54) is 91.0 Å². The highest BCUT2D eigenvalue weighted by molar-refractivity contribution is 7.25. The van der Waals surface area contributed by atoms with Crippen LogP contribution in [-0.4, -0.2) is 4.57 Å². The molecule has 3 heterocycles. The van der Waals surface area contributed by atoms with Crippen molar-refractivity contribution in [2.45, 2.75) is 0 Å². The maximum absolute atomic E-state index is 6.26. The summed E-state index contributed by atoms with van der Waals surface area (Å²) in [7, 11) is 0. The number of hydrogen-bond acceptors (Lipinski definition) is 3.